The average molecular weight is 414 g/mol. The summed E-state index contributed by atoms with van der Waals surface area (Å²) < 4.78 is 1.80. The number of anilines is 1. The van der Waals surface area contributed by atoms with Crippen molar-refractivity contribution in [3.8, 4) is 17.2 Å². The van der Waals surface area contributed by atoms with E-state index in [1.165, 1.54) is 0 Å². The second-order valence-electron chi connectivity index (χ2n) is 7.95. The molecule has 3 aromatic rings. The molecule has 7 nitrogen and oxygen atoms in total. The van der Waals surface area contributed by atoms with Crippen LogP contribution in [0.1, 0.15) is 36.1 Å². The number of nitrogens with one attached hydrogen (secondary N) is 1. The Morgan fingerprint density at radius 1 is 1.26 bits per heavy atom. The number of rotatable bonds is 4. The van der Waals surface area contributed by atoms with Crippen LogP contribution in [0.4, 0.5) is 5.69 Å². The smallest absolute Gasteiger partial charge is 0.0777 e. The second-order valence-corrected chi connectivity index (χ2v) is 7.95. The molecule has 0 spiro atoms. The maximum absolute atomic E-state index is 9.04. The van der Waals surface area contributed by atoms with Crippen LogP contribution < -0.4 is 16.9 Å². The molecule has 0 fully saturated rings. The zero-order chi connectivity index (χ0) is 22.0. The second kappa shape index (κ2) is 8.54. The summed E-state index contributed by atoms with van der Waals surface area (Å²) in [5.41, 5.74) is 14.1. The zero-order valence-electron chi connectivity index (χ0n) is 17.8. The van der Waals surface area contributed by atoms with Gasteiger partial charge in [0, 0.05) is 42.3 Å². The number of hydrogen-bond donors (Lipinski definition) is 3. The molecule has 5 N–H and O–H groups in total. The standard InChI is InChI=1S/C24H27N7/c1-16(26)24-21-7-6-18(19-14-28-30(2)15-19)13-22(21)23(9-11-31(24)27)29-20-5-3-4-17(12-20)8-10-25/h3-7,12-15,23,29H,8-9,11,26-27H2,1-2H3/b24-16-. The summed E-state index contributed by atoms with van der Waals surface area (Å²) in [6.07, 6.45) is 5.07. The van der Waals surface area contributed by atoms with Crippen LogP contribution in [0.2, 0.25) is 0 Å². The highest BCUT2D eigenvalue weighted by Gasteiger charge is 2.26. The Morgan fingerprint density at radius 2 is 2.10 bits per heavy atom. The molecule has 2 aromatic carbocycles. The van der Waals surface area contributed by atoms with Gasteiger partial charge in [-0.05, 0) is 48.2 Å². The minimum atomic E-state index is 0.0341. The number of nitrogens with two attached hydrogens (primary N) is 2. The van der Waals surface area contributed by atoms with Crippen LogP contribution >= 0.6 is 0 Å². The fourth-order valence-electron chi connectivity index (χ4n) is 4.16. The van der Waals surface area contributed by atoms with Crippen LogP contribution in [0.5, 0.6) is 0 Å². The van der Waals surface area contributed by atoms with Crippen molar-refractivity contribution in [3.05, 3.63) is 77.2 Å². The lowest BCUT2D eigenvalue weighted by atomic mass is 9.93. The van der Waals surface area contributed by atoms with Crippen molar-refractivity contribution in [2.45, 2.75) is 25.8 Å². The molecular weight excluding hydrogens is 386 g/mol. The average Bonchev–Trinajstić information content (AvgIpc) is 3.12. The van der Waals surface area contributed by atoms with Gasteiger partial charge in [0.05, 0.1) is 30.4 Å². The molecule has 0 bridgehead atoms. The van der Waals surface area contributed by atoms with E-state index >= 15 is 0 Å². The largest absolute Gasteiger partial charge is 0.401 e. The molecule has 4 rings (SSSR count). The van der Waals surface area contributed by atoms with Crippen LogP contribution in [-0.4, -0.2) is 21.3 Å². The maximum atomic E-state index is 9.04. The molecule has 2 heterocycles. The summed E-state index contributed by atoms with van der Waals surface area (Å²) in [5.74, 6) is 6.38. The molecule has 7 heteroatoms. The molecule has 1 aliphatic rings. The highest BCUT2D eigenvalue weighted by Crippen LogP contribution is 2.37. The Balaban J connectivity index is 1.80. The van der Waals surface area contributed by atoms with Gasteiger partial charge in [0.15, 0.2) is 0 Å². The predicted molar refractivity (Wildman–Crippen MR) is 123 cm³/mol. The number of nitriles is 1. The summed E-state index contributed by atoms with van der Waals surface area (Å²) in [6.45, 7) is 2.55. The Bertz CT molecular complexity index is 1160. The quantitative estimate of drug-likeness (QED) is 0.565. The normalized spacial score (nSPS) is 17.5. The molecule has 1 aromatic heterocycles. The molecule has 1 aliphatic heterocycles. The summed E-state index contributed by atoms with van der Waals surface area (Å²) in [4.78, 5) is 0. The van der Waals surface area contributed by atoms with E-state index in [2.05, 4.69) is 34.7 Å². The number of hydrogen-bond acceptors (Lipinski definition) is 6. The van der Waals surface area contributed by atoms with Gasteiger partial charge < -0.3 is 16.1 Å². The van der Waals surface area contributed by atoms with E-state index in [1.54, 1.807) is 9.69 Å². The molecule has 0 radical (unpaired) electrons. The van der Waals surface area contributed by atoms with Gasteiger partial charge in [0.1, 0.15) is 0 Å². The zero-order valence-corrected chi connectivity index (χ0v) is 17.8. The summed E-state index contributed by atoms with van der Waals surface area (Å²) >= 11 is 0. The number of nitrogens with zero attached hydrogens (tertiary/aromatic N) is 4. The number of aromatic nitrogens is 2. The lowest BCUT2D eigenvalue weighted by molar-refractivity contribution is 0.402. The van der Waals surface area contributed by atoms with E-state index in [9.17, 15) is 0 Å². The Labute approximate surface area is 182 Å². The molecular formula is C24H27N7. The summed E-state index contributed by atoms with van der Waals surface area (Å²) in [5, 5.41) is 18.8. The van der Waals surface area contributed by atoms with E-state index in [4.69, 9.17) is 16.8 Å². The van der Waals surface area contributed by atoms with Gasteiger partial charge in [-0.2, -0.15) is 10.4 Å². The van der Waals surface area contributed by atoms with Crippen molar-refractivity contribution in [1.29, 1.82) is 5.26 Å². The third-order valence-corrected chi connectivity index (χ3v) is 5.59. The molecule has 0 saturated carbocycles. The molecule has 1 atom stereocenters. The number of fused-ring (bicyclic) bond motifs is 1. The van der Waals surface area contributed by atoms with Crippen molar-refractivity contribution in [3.63, 3.8) is 0 Å². The van der Waals surface area contributed by atoms with Gasteiger partial charge >= 0.3 is 0 Å². The van der Waals surface area contributed by atoms with Gasteiger partial charge in [-0.3, -0.25) is 4.68 Å². The first-order valence-electron chi connectivity index (χ1n) is 10.3. The highest BCUT2D eigenvalue weighted by molar-refractivity contribution is 5.75. The van der Waals surface area contributed by atoms with Crippen molar-refractivity contribution < 1.29 is 0 Å². The molecule has 158 valence electrons. The van der Waals surface area contributed by atoms with Crippen LogP contribution in [0, 0.1) is 11.3 Å². The molecule has 0 saturated heterocycles. The fourth-order valence-corrected chi connectivity index (χ4v) is 4.16. The van der Waals surface area contributed by atoms with Crippen LogP contribution in [-0.2, 0) is 13.5 Å². The summed E-state index contributed by atoms with van der Waals surface area (Å²) in [6, 6.07) is 16.6. The van der Waals surface area contributed by atoms with E-state index in [-0.39, 0.29) is 6.04 Å². The van der Waals surface area contributed by atoms with Crippen molar-refractivity contribution in [2.75, 3.05) is 11.9 Å². The molecule has 0 amide bonds. The van der Waals surface area contributed by atoms with Crippen molar-refractivity contribution in [2.24, 2.45) is 18.6 Å². The van der Waals surface area contributed by atoms with Crippen molar-refractivity contribution >= 4 is 11.4 Å². The lowest BCUT2D eigenvalue weighted by Gasteiger charge is -2.22. The monoisotopic (exact) mass is 413 g/mol. The van der Waals surface area contributed by atoms with Crippen LogP contribution in [0.15, 0.2) is 60.6 Å². The van der Waals surface area contributed by atoms with Crippen LogP contribution in [0.25, 0.3) is 16.8 Å². The maximum Gasteiger partial charge on any atom is 0.0777 e. The topological polar surface area (TPSA) is 109 Å². The number of hydrazine groups is 1. The third kappa shape index (κ3) is 4.25. The highest BCUT2D eigenvalue weighted by atomic mass is 15.4. The first-order valence-corrected chi connectivity index (χ1v) is 10.3. The first-order chi connectivity index (χ1) is 15.0. The van der Waals surface area contributed by atoms with E-state index in [0.29, 0.717) is 18.7 Å². The van der Waals surface area contributed by atoms with Gasteiger partial charge in [-0.15, -0.1) is 0 Å². The van der Waals surface area contributed by atoms with E-state index < -0.39 is 0 Å². The first kappa shape index (κ1) is 20.5. The lowest BCUT2D eigenvalue weighted by Crippen LogP contribution is -2.31. The van der Waals surface area contributed by atoms with Crippen LogP contribution in [0.3, 0.4) is 0 Å². The summed E-state index contributed by atoms with van der Waals surface area (Å²) in [7, 11) is 1.91. The minimum absolute atomic E-state index is 0.0341. The molecule has 0 aliphatic carbocycles. The Morgan fingerprint density at radius 3 is 2.81 bits per heavy atom. The fraction of sp³-hybridized carbons (Fsp3) is 0.250. The number of aryl methyl sites for hydroxylation is 1. The minimum Gasteiger partial charge on any atom is -0.401 e. The number of benzene rings is 2. The Hall–Kier alpha value is -3.76. The van der Waals surface area contributed by atoms with Gasteiger partial charge in [-0.25, -0.2) is 5.84 Å². The van der Waals surface area contributed by atoms with Gasteiger partial charge in [-0.1, -0.05) is 24.3 Å². The number of allylic oxidation sites excluding steroid dienone is 1. The predicted octanol–water partition coefficient (Wildman–Crippen LogP) is 3.53. The third-order valence-electron chi connectivity index (χ3n) is 5.59. The van der Waals surface area contributed by atoms with Gasteiger partial charge in [0.25, 0.3) is 0 Å². The molecule has 1 unspecified atom stereocenters. The van der Waals surface area contributed by atoms with E-state index in [1.807, 2.05) is 50.6 Å². The van der Waals surface area contributed by atoms with Crippen molar-refractivity contribution in [1.82, 2.24) is 14.8 Å². The molecule has 31 heavy (non-hydrogen) atoms. The van der Waals surface area contributed by atoms with E-state index in [0.717, 1.165) is 45.6 Å². The Kier molecular flexibility index (Phi) is 5.65. The van der Waals surface area contributed by atoms with Gasteiger partial charge in [0.2, 0.25) is 0 Å². The SMILES string of the molecule is C/C(N)=C1\c2ccc(-c3cnn(C)c3)cc2C(Nc2cccc(CC#N)c2)CCN1N.